The van der Waals surface area contributed by atoms with E-state index in [9.17, 15) is 4.79 Å². The molecule has 0 fully saturated rings. The number of aryl methyl sites for hydroxylation is 2. The molecule has 0 aliphatic rings. The van der Waals surface area contributed by atoms with E-state index in [0.29, 0.717) is 17.8 Å². The minimum Gasteiger partial charge on any atom is -0.365 e. The summed E-state index contributed by atoms with van der Waals surface area (Å²) in [5, 5.41) is 4.58. The first-order valence-corrected chi connectivity index (χ1v) is 7.53. The van der Waals surface area contributed by atoms with Crippen LogP contribution in [-0.4, -0.2) is 15.7 Å². The lowest BCUT2D eigenvalue weighted by Crippen LogP contribution is -2.11. The zero-order valence-corrected chi connectivity index (χ0v) is 13.3. The standard InChI is InChI=1S/C19H19N3O/c1-13-8-9-16(10-14(13)2)18-17(19(20)23)12-22(21-18)11-15-6-4-3-5-7-15/h3-10,12H,11H2,1-2H3,(H2,20,23). The Hall–Kier alpha value is -2.88. The van der Waals surface area contributed by atoms with E-state index in [0.717, 1.165) is 16.7 Å². The van der Waals surface area contributed by atoms with Crippen LogP contribution in [0.25, 0.3) is 11.3 Å². The average molecular weight is 305 g/mol. The van der Waals surface area contributed by atoms with Crippen LogP contribution < -0.4 is 5.73 Å². The zero-order chi connectivity index (χ0) is 16.4. The van der Waals surface area contributed by atoms with Crippen molar-refractivity contribution < 1.29 is 4.79 Å². The van der Waals surface area contributed by atoms with Gasteiger partial charge in [-0.15, -0.1) is 0 Å². The highest BCUT2D eigenvalue weighted by atomic mass is 16.1. The quantitative estimate of drug-likeness (QED) is 0.804. The molecule has 0 spiro atoms. The summed E-state index contributed by atoms with van der Waals surface area (Å²) >= 11 is 0. The van der Waals surface area contributed by atoms with E-state index in [-0.39, 0.29) is 0 Å². The number of primary amides is 1. The van der Waals surface area contributed by atoms with Crippen molar-refractivity contribution in [3.8, 4) is 11.3 Å². The van der Waals surface area contributed by atoms with E-state index in [1.54, 1.807) is 10.9 Å². The summed E-state index contributed by atoms with van der Waals surface area (Å²) in [6, 6.07) is 16.0. The van der Waals surface area contributed by atoms with Gasteiger partial charge in [-0.3, -0.25) is 9.48 Å². The number of aromatic nitrogens is 2. The van der Waals surface area contributed by atoms with Crippen LogP contribution in [0.3, 0.4) is 0 Å². The van der Waals surface area contributed by atoms with Crippen molar-refractivity contribution in [2.75, 3.05) is 0 Å². The largest absolute Gasteiger partial charge is 0.365 e. The molecule has 0 unspecified atom stereocenters. The molecule has 0 aliphatic heterocycles. The Morgan fingerprint density at radius 3 is 2.48 bits per heavy atom. The second-order valence-corrected chi connectivity index (χ2v) is 5.74. The molecular weight excluding hydrogens is 286 g/mol. The van der Waals surface area contributed by atoms with Gasteiger partial charge in [0.15, 0.2) is 0 Å². The van der Waals surface area contributed by atoms with E-state index in [1.165, 1.54) is 5.56 Å². The van der Waals surface area contributed by atoms with E-state index in [4.69, 9.17) is 5.73 Å². The van der Waals surface area contributed by atoms with Gasteiger partial charge in [0.05, 0.1) is 12.1 Å². The fourth-order valence-electron chi connectivity index (χ4n) is 2.56. The molecule has 116 valence electrons. The topological polar surface area (TPSA) is 60.9 Å². The van der Waals surface area contributed by atoms with E-state index < -0.39 is 5.91 Å². The maximum atomic E-state index is 11.8. The van der Waals surface area contributed by atoms with Gasteiger partial charge in [-0.25, -0.2) is 0 Å². The summed E-state index contributed by atoms with van der Waals surface area (Å²) in [4.78, 5) is 11.8. The van der Waals surface area contributed by atoms with Crippen molar-refractivity contribution in [3.63, 3.8) is 0 Å². The number of rotatable bonds is 4. The molecule has 1 amide bonds. The highest BCUT2D eigenvalue weighted by Gasteiger charge is 2.16. The Morgan fingerprint density at radius 2 is 1.83 bits per heavy atom. The summed E-state index contributed by atoms with van der Waals surface area (Å²) in [5.74, 6) is -0.461. The van der Waals surface area contributed by atoms with E-state index >= 15 is 0 Å². The first-order chi connectivity index (χ1) is 11.0. The lowest BCUT2D eigenvalue weighted by molar-refractivity contribution is 0.100. The molecule has 1 aromatic heterocycles. The predicted octanol–water partition coefficient (Wildman–Crippen LogP) is 3.31. The summed E-state index contributed by atoms with van der Waals surface area (Å²) in [6.45, 7) is 4.71. The summed E-state index contributed by atoms with van der Waals surface area (Å²) in [5.41, 5.74) is 11.0. The van der Waals surface area contributed by atoms with Crippen LogP contribution in [-0.2, 0) is 6.54 Å². The molecule has 2 aromatic carbocycles. The lowest BCUT2D eigenvalue weighted by Gasteiger charge is -2.04. The molecule has 0 saturated heterocycles. The first kappa shape index (κ1) is 15.0. The van der Waals surface area contributed by atoms with E-state index in [2.05, 4.69) is 12.0 Å². The number of nitrogens with two attached hydrogens (primary N) is 1. The van der Waals surface area contributed by atoms with E-state index in [1.807, 2.05) is 55.5 Å². The van der Waals surface area contributed by atoms with Gasteiger partial charge in [0.25, 0.3) is 5.91 Å². The third-order valence-corrected chi connectivity index (χ3v) is 3.99. The predicted molar refractivity (Wildman–Crippen MR) is 91.2 cm³/mol. The van der Waals surface area contributed by atoms with Gasteiger partial charge in [-0.05, 0) is 36.6 Å². The van der Waals surface area contributed by atoms with Crippen molar-refractivity contribution in [1.82, 2.24) is 9.78 Å². The molecule has 23 heavy (non-hydrogen) atoms. The Kier molecular flexibility index (Phi) is 3.98. The van der Waals surface area contributed by atoms with Crippen molar-refractivity contribution in [2.45, 2.75) is 20.4 Å². The molecule has 2 N–H and O–H groups in total. The number of carbonyl (C=O) groups excluding carboxylic acids is 1. The van der Waals surface area contributed by atoms with Gasteiger partial charge < -0.3 is 5.73 Å². The number of benzene rings is 2. The number of hydrogen-bond donors (Lipinski definition) is 1. The molecular formula is C19H19N3O. The second kappa shape index (κ2) is 6.08. The van der Waals surface area contributed by atoms with Crippen LogP contribution >= 0.6 is 0 Å². The van der Waals surface area contributed by atoms with Crippen molar-refractivity contribution >= 4 is 5.91 Å². The SMILES string of the molecule is Cc1ccc(-c2nn(Cc3ccccc3)cc2C(N)=O)cc1C. The van der Waals surface area contributed by atoms with Gasteiger partial charge in [0, 0.05) is 11.8 Å². The highest BCUT2D eigenvalue weighted by molar-refractivity contribution is 5.98. The Balaban J connectivity index is 2.02. The summed E-state index contributed by atoms with van der Waals surface area (Å²) < 4.78 is 1.76. The van der Waals surface area contributed by atoms with Crippen LogP contribution in [0.4, 0.5) is 0 Å². The molecule has 4 heteroatoms. The zero-order valence-electron chi connectivity index (χ0n) is 13.3. The second-order valence-electron chi connectivity index (χ2n) is 5.74. The molecule has 3 aromatic rings. The smallest absolute Gasteiger partial charge is 0.252 e. The number of hydrogen-bond acceptors (Lipinski definition) is 2. The summed E-state index contributed by atoms with van der Waals surface area (Å²) in [6.07, 6.45) is 1.72. The van der Waals surface area contributed by atoms with Gasteiger partial charge in [0.1, 0.15) is 5.69 Å². The van der Waals surface area contributed by atoms with Crippen molar-refractivity contribution in [3.05, 3.63) is 77.0 Å². The Labute approximate surface area is 135 Å². The molecule has 0 saturated carbocycles. The fourth-order valence-corrected chi connectivity index (χ4v) is 2.56. The van der Waals surface area contributed by atoms with Crippen LogP contribution in [0.5, 0.6) is 0 Å². The Morgan fingerprint density at radius 1 is 1.09 bits per heavy atom. The van der Waals surface area contributed by atoms with Crippen LogP contribution in [0.2, 0.25) is 0 Å². The Bertz CT molecular complexity index is 850. The highest BCUT2D eigenvalue weighted by Crippen LogP contribution is 2.24. The minimum atomic E-state index is -0.461. The molecule has 0 bridgehead atoms. The van der Waals surface area contributed by atoms with Gasteiger partial charge in [0.2, 0.25) is 0 Å². The summed E-state index contributed by atoms with van der Waals surface area (Å²) in [7, 11) is 0. The maximum absolute atomic E-state index is 11.8. The van der Waals surface area contributed by atoms with Crippen LogP contribution in [0, 0.1) is 13.8 Å². The van der Waals surface area contributed by atoms with Gasteiger partial charge in [-0.2, -0.15) is 5.10 Å². The molecule has 3 rings (SSSR count). The van der Waals surface area contributed by atoms with Crippen molar-refractivity contribution in [1.29, 1.82) is 0 Å². The average Bonchev–Trinajstić information content (AvgIpc) is 2.95. The maximum Gasteiger partial charge on any atom is 0.252 e. The first-order valence-electron chi connectivity index (χ1n) is 7.53. The molecule has 1 heterocycles. The monoisotopic (exact) mass is 305 g/mol. The number of amides is 1. The van der Waals surface area contributed by atoms with Crippen LogP contribution in [0.1, 0.15) is 27.0 Å². The third kappa shape index (κ3) is 3.16. The van der Waals surface area contributed by atoms with Gasteiger partial charge in [-0.1, -0.05) is 42.5 Å². The minimum absolute atomic E-state index is 0.448. The third-order valence-electron chi connectivity index (χ3n) is 3.99. The molecule has 0 aliphatic carbocycles. The van der Waals surface area contributed by atoms with Crippen LogP contribution in [0.15, 0.2) is 54.7 Å². The molecule has 0 atom stereocenters. The van der Waals surface area contributed by atoms with Crippen molar-refractivity contribution in [2.24, 2.45) is 5.73 Å². The fraction of sp³-hybridized carbons (Fsp3) is 0.158. The van der Waals surface area contributed by atoms with Gasteiger partial charge >= 0.3 is 0 Å². The molecule has 4 nitrogen and oxygen atoms in total. The number of carbonyl (C=O) groups is 1. The number of nitrogens with zero attached hydrogens (tertiary/aromatic N) is 2. The molecule has 0 radical (unpaired) electrons. The normalized spacial score (nSPS) is 10.7. The lowest BCUT2D eigenvalue weighted by atomic mass is 10.0.